The molecule has 1 aliphatic carbocycles. The fraction of sp³-hybridized carbons (Fsp3) is 0.421. The van der Waals surface area contributed by atoms with Gasteiger partial charge in [-0.05, 0) is 11.1 Å². The number of nitrogens with zero attached hydrogens (tertiary/aromatic N) is 1. The van der Waals surface area contributed by atoms with Crippen molar-refractivity contribution in [3.05, 3.63) is 59.4 Å². The lowest BCUT2D eigenvalue weighted by Crippen LogP contribution is -2.26. The topological polar surface area (TPSA) is 48.0 Å². The normalized spacial score (nSPS) is 21.7. The molecule has 1 heterocycles. The van der Waals surface area contributed by atoms with Crippen LogP contribution in [0.1, 0.15) is 6.42 Å². The van der Waals surface area contributed by atoms with E-state index in [2.05, 4.69) is 28.4 Å². The third-order valence-corrected chi connectivity index (χ3v) is 4.27. The van der Waals surface area contributed by atoms with E-state index in [-0.39, 0.29) is 12.1 Å². The lowest BCUT2D eigenvalue weighted by atomic mass is 10.0. The summed E-state index contributed by atoms with van der Waals surface area (Å²) in [6.07, 6.45) is 10.1. The van der Waals surface area contributed by atoms with Gasteiger partial charge in [-0.2, -0.15) is 0 Å². The molecule has 0 radical (unpaired) electrons. The number of hydrogen-bond acceptors (Lipinski definition) is 5. The molecule has 0 bridgehead atoms. The summed E-state index contributed by atoms with van der Waals surface area (Å²) in [6, 6.07) is 0. The second-order valence-corrected chi connectivity index (χ2v) is 5.75. The molecule has 0 N–H and O–H groups in total. The maximum Gasteiger partial charge on any atom is 0.330 e. The minimum Gasteiger partial charge on any atom is -0.501 e. The van der Waals surface area contributed by atoms with Crippen molar-refractivity contribution in [2.45, 2.75) is 12.5 Å². The summed E-state index contributed by atoms with van der Waals surface area (Å²) in [4.78, 5) is 13.6. The molecule has 24 heavy (non-hydrogen) atoms. The van der Waals surface area contributed by atoms with Gasteiger partial charge in [0, 0.05) is 44.8 Å². The first-order valence-corrected chi connectivity index (χ1v) is 7.91. The lowest BCUT2D eigenvalue weighted by Gasteiger charge is -2.24. The Labute approximate surface area is 143 Å². The average Bonchev–Trinajstić information content (AvgIpc) is 3.01. The summed E-state index contributed by atoms with van der Waals surface area (Å²) in [5.41, 5.74) is 3.38. The molecule has 1 unspecified atom stereocenters. The molecule has 5 nitrogen and oxygen atoms in total. The predicted octanol–water partition coefficient (Wildman–Crippen LogP) is 2.39. The predicted molar refractivity (Wildman–Crippen MR) is 93.4 cm³/mol. The number of ether oxygens (including phenoxy) is 3. The van der Waals surface area contributed by atoms with Gasteiger partial charge in [0.15, 0.2) is 0 Å². The maximum atomic E-state index is 11.3. The molecule has 0 aromatic rings. The average molecular weight is 331 g/mol. The minimum absolute atomic E-state index is 0.0719. The van der Waals surface area contributed by atoms with Gasteiger partial charge in [0.1, 0.15) is 5.76 Å². The zero-order chi connectivity index (χ0) is 17.5. The van der Waals surface area contributed by atoms with Gasteiger partial charge in [0.05, 0.1) is 20.3 Å². The third-order valence-electron chi connectivity index (χ3n) is 4.27. The largest absolute Gasteiger partial charge is 0.501 e. The Morgan fingerprint density at radius 2 is 2.08 bits per heavy atom. The van der Waals surface area contributed by atoms with Crippen molar-refractivity contribution in [3.8, 4) is 0 Å². The van der Waals surface area contributed by atoms with Gasteiger partial charge in [0.2, 0.25) is 0 Å². The van der Waals surface area contributed by atoms with Crippen LogP contribution in [-0.2, 0) is 19.0 Å². The minimum atomic E-state index is -0.352. The van der Waals surface area contributed by atoms with E-state index in [9.17, 15) is 4.79 Å². The van der Waals surface area contributed by atoms with E-state index >= 15 is 0 Å². The van der Waals surface area contributed by atoms with Crippen LogP contribution >= 0.6 is 0 Å². The summed E-state index contributed by atoms with van der Waals surface area (Å²) in [5, 5.41) is 0. The zero-order valence-corrected chi connectivity index (χ0v) is 14.6. The lowest BCUT2D eigenvalue weighted by molar-refractivity contribution is -0.134. The number of rotatable bonds is 7. The van der Waals surface area contributed by atoms with E-state index in [1.165, 1.54) is 13.2 Å². The zero-order valence-electron chi connectivity index (χ0n) is 14.6. The van der Waals surface area contributed by atoms with Crippen LogP contribution < -0.4 is 0 Å². The fourth-order valence-corrected chi connectivity index (χ4v) is 2.90. The summed E-state index contributed by atoms with van der Waals surface area (Å²) in [7, 11) is 4.77. The molecule has 130 valence electrons. The van der Waals surface area contributed by atoms with Crippen molar-refractivity contribution in [3.63, 3.8) is 0 Å². The molecule has 2 aliphatic rings. The number of carbonyl (C=O) groups excluding carboxylic acids is 1. The summed E-state index contributed by atoms with van der Waals surface area (Å²) in [6.45, 7) is 6.21. The Morgan fingerprint density at radius 3 is 2.71 bits per heavy atom. The van der Waals surface area contributed by atoms with E-state index in [1.54, 1.807) is 14.2 Å². The standard InChI is InChI=1S/C19H25NO4/c1-5-14-11-20(12-15(14)7-9-19(21)24-4)13-16-6-8-17(22-2)10-18(16)23-3/h5-9,17H,1,10-13H2,2-4H3/b9-7+. The molecule has 0 aromatic carbocycles. The van der Waals surface area contributed by atoms with Crippen LogP contribution in [0.4, 0.5) is 0 Å². The quantitative estimate of drug-likeness (QED) is 0.529. The second kappa shape index (κ2) is 8.66. The molecule has 0 fully saturated rings. The van der Waals surface area contributed by atoms with Crippen LogP contribution in [0.15, 0.2) is 59.4 Å². The van der Waals surface area contributed by atoms with Gasteiger partial charge in [0.25, 0.3) is 0 Å². The molecule has 0 saturated heterocycles. The second-order valence-electron chi connectivity index (χ2n) is 5.75. The van der Waals surface area contributed by atoms with Gasteiger partial charge in [-0.15, -0.1) is 0 Å². The SMILES string of the molecule is C=CC1=C(/C=C/C(=O)OC)CN(CC2=C(OC)CC(OC)C=C2)C1. The molecule has 1 atom stereocenters. The molecular weight excluding hydrogens is 306 g/mol. The van der Waals surface area contributed by atoms with Crippen molar-refractivity contribution in [2.75, 3.05) is 41.0 Å². The molecule has 0 aromatic heterocycles. The van der Waals surface area contributed by atoms with Crippen molar-refractivity contribution < 1.29 is 19.0 Å². The van der Waals surface area contributed by atoms with E-state index in [0.717, 1.165) is 48.5 Å². The summed E-state index contributed by atoms with van der Waals surface area (Å²) < 4.78 is 15.5. The van der Waals surface area contributed by atoms with Gasteiger partial charge < -0.3 is 14.2 Å². The number of methoxy groups -OCH3 is 3. The smallest absolute Gasteiger partial charge is 0.330 e. The Bertz CT molecular complexity index is 613. The van der Waals surface area contributed by atoms with Crippen molar-refractivity contribution in [1.82, 2.24) is 4.90 Å². The van der Waals surface area contributed by atoms with Gasteiger partial charge in [-0.3, -0.25) is 4.90 Å². The Hall–Kier alpha value is -2.11. The molecule has 1 aliphatic heterocycles. The van der Waals surface area contributed by atoms with Crippen LogP contribution in [-0.4, -0.2) is 57.9 Å². The van der Waals surface area contributed by atoms with Gasteiger partial charge in [-0.25, -0.2) is 4.79 Å². The summed E-state index contributed by atoms with van der Waals surface area (Å²) >= 11 is 0. The number of carbonyl (C=O) groups is 1. The Kier molecular flexibility index (Phi) is 6.58. The van der Waals surface area contributed by atoms with Crippen LogP contribution in [0.3, 0.4) is 0 Å². The summed E-state index contributed by atoms with van der Waals surface area (Å²) in [5.74, 6) is 0.609. The van der Waals surface area contributed by atoms with Gasteiger partial charge >= 0.3 is 5.97 Å². The highest BCUT2D eigenvalue weighted by atomic mass is 16.5. The van der Waals surface area contributed by atoms with Crippen molar-refractivity contribution in [2.24, 2.45) is 0 Å². The van der Waals surface area contributed by atoms with Crippen LogP contribution in [0.2, 0.25) is 0 Å². The highest BCUT2D eigenvalue weighted by Gasteiger charge is 2.23. The van der Waals surface area contributed by atoms with Crippen LogP contribution in [0, 0.1) is 0 Å². The van der Waals surface area contributed by atoms with Crippen LogP contribution in [0.25, 0.3) is 0 Å². The monoisotopic (exact) mass is 331 g/mol. The molecule has 5 heteroatoms. The Balaban J connectivity index is 2.04. The van der Waals surface area contributed by atoms with E-state index in [1.807, 2.05) is 12.2 Å². The first-order chi connectivity index (χ1) is 11.6. The van der Waals surface area contributed by atoms with Crippen molar-refractivity contribution in [1.29, 1.82) is 0 Å². The van der Waals surface area contributed by atoms with Gasteiger partial charge in [-0.1, -0.05) is 30.9 Å². The number of hydrogen-bond donors (Lipinski definition) is 0. The highest BCUT2D eigenvalue weighted by Crippen LogP contribution is 2.26. The first kappa shape index (κ1) is 18.2. The Morgan fingerprint density at radius 1 is 1.33 bits per heavy atom. The van der Waals surface area contributed by atoms with E-state index < -0.39 is 0 Å². The molecule has 0 amide bonds. The third kappa shape index (κ3) is 4.46. The van der Waals surface area contributed by atoms with E-state index in [4.69, 9.17) is 9.47 Å². The molecule has 0 saturated carbocycles. The van der Waals surface area contributed by atoms with Crippen molar-refractivity contribution >= 4 is 5.97 Å². The van der Waals surface area contributed by atoms with E-state index in [0.29, 0.717) is 0 Å². The maximum absolute atomic E-state index is 11.3. The number of esters is 1. The fourth-order valence-electron chi connectivity index (χ4n) is 2.90. The molecular formula is C19H25NO4. The molecule has 2 rings (SSSR count). The van der Waals surface area contributed by atoms with Crippen LogP contribution in [0.5, 0.6) is 0 Å². The highest BCUT2D eigenvalue weighted by molar-refractivity contribution is 5.82. The molecule has 0 spiro atoms. The first-order valence-electron chi connectivity index (χ1n) is 7.91.